The molecule has 3 aromatic rings. The van der Waals surface area contributed by atoms with Gasteiger partial charge in [-0.05, 0) is 41.3 Å². The van der Waals surface area contributed by atoms with E-state index >= 15 is 0 Å². The van der Waals surface area contributed by atoms with Crippen LogP contribution in [0.25, 0.3) is 0 Å². The predicted octanol–water partition coefficient (Wildman–Crippen LogP) is 3.96. The third kappa shape index (κ3) is 5.85. The van der Waals surface area contributed by atoms with Gasteiger partial charge in [0.2, 0.25) is 5.91 Å². The molecule has 1 atom stereocenters. The van der Waals surface area contributed by atoms with Crippen LogP contribution in [0.15, 0.2) is 72.1 Å². The van der Waals surface area contributed by atoms with Gasteiger partial charge >= 0.3 is 6.03 Å². The first-order valence-corrected chi connectivity index (χ1v) is 9.66. The summed E-state index contributed by atoms with van der Waals surface area (Å²) < 4.78 is 5.83. The largest absolute Gasteiger partial charge is 0.457 e. The van der Waals surface area contributed by atoms with Gasteiger partial charge in [0.15, 0.2) is 0 Å². The molecule has 0 radical (unpaired) electrons. The monoisotopic (exact) mass is 395 g/mol. The van der Waals surface area contributed by atoms with E-state index in [1.165, 1.54) is 0 Å². The van der Waals surface area contributed by atoms with Crippen LogP contribution in [-0.4, -0.2) is 11.9 Å². The van der Waals surface area contributed by atoms with Crippen molar-refractivity contribution in [2.75, 3.05) is 0 Å². The van der Waals surface area contributed by atoms with E-state index in [9.17, 15) is 9.59 Å². The first kappa shape index (κ1) is 19.4. The van der Waals surface area contributed by atoms with Gasteiger partial charge in [0.05, 0.1) is 19.0 Å². The Hall–Kier alpha value is -3.32. The van der Waals surface area contributed by atoms with E-state index in [0.717, 1.165) is 10.4 Å². The van der Waals surface area contributed by atoms with Gasteiger partial charge in [0.25, 0.3) is 0 Å². The Bertz CT molecular complexity index is 914. The highest BCUT2D eigenvalue weighted by Gasteiger charge is 2.18. The maximum Gasteiger partial charge on any atom is 0.312 e. The van der Waals surface area contributed by atoms with E-state index in [2.05, 4.69) is 10.6 Å². The lowest BCUT2D eigenvalue weighted by Gasteiger charge is -2.18. The fourth-order valence-corrected chi connectivity index (χ4v) is 3.34. The van der Waals surface area contributed by atoms with Gasteiger partial charge in [-0.1, -0.05) is 36.4 Å². The van der Waals surface area contributed by atoms with Gasteiger partial charge in [-0.2, -0.15) is 0 Å². The lowest BCUT2D eigenvalue weighted by atomic mass is 10.0. The number of primary amides is 1. The van der Waals surface area contributed by atoms with Gasteiger partial charge in [0, 0.05) is 4.88 Å². The lowest BCUT2D eigenvalue weighted by Crippen LogP contribution is -2.36. The van der Waals surface area contributed by atoms with Crippen molar-refractivity contribution < 1.29 is 14.3 Å². The average molecular weight is 395 g/mol. The van der Waals surface area contributed by atoms with E-state index in [0.29, 0.717) is 18.0 Å². The fraction of sp³-hybridized carbons (Fsp3) is 0.143. The van der Waals surface area contributed by atoms with Crippen LogP contribution in [0.4, 0.5) is 4.79 Å². The van der Waals surface area contributed by atoms with Crippen LogP contribution < -0.4 is 21.1 Å². The summed E-state index contributed by atoms with van der Waals surface area (Å²) in [7, 11) is 0. The highest BCUT2D eigenvalue weighted by molar-refractivity contribution is 7.09. The van der Waals surface area contributed by atoms with E-state index in [4.69, 9.17) is 10.5 Å². The molecule has 0 aliphatic rings. The molecule has 0 saturated heterocycles. The maximum absolute atomic E-state index is 12.3. The number of benzene rings is 2. The van der Waals surface area contributed by atoms with E-state index in [-0.39, 0.29) is 12.3 Å². The zero-order valence-electron chi connectivity index (χ0n) is 15.1. The van der Waals surface area contributed by atoms with E-state index in [1.807, 2.05) is 66.0 Å². The summed E-state index contributed by atoms with van der Waals surface area (Å²) in [4.78, 5) is 24.8. The zero-order valence-corrected chi connectivity index (χ0v) is 15.9. The van der Waals surface area contributed by atoms with Crippen LogP contribution in [-0.2, 0) is 11.3 Å². The number of thiophene rings is 1. The number of hydrogen-bond donors (Lipinski definition) is 3. The molecule has 2 aromatic carbocycles. The summed E-state index contributed by atoms with van der Waals surface area (Å²) in [6, 6.07) is 19.3. The number of para-hydroxylation sites is 1. The zero-order chi connectivity index (χ0) is 19.8. The highest BCUT2D eigenvalue weighted by atomic mass is 32.1. The Labute approximate surface area is 167 Å². The van der Waals surface area contributed by atoms with Crippen molar-refractivity contribution in [3.05, 3.63) is 82.6 Å². The molecule has 1 heterocycles. The molecular weight excluding hydrogens is 374 g/mol. The molecule has 1 aromatic heterocycles. The van der Waals surface area contributed by atoms with Gasteiger partial charge in [-0.3, -0.25) is 4.79 Å². The van der Waals surface area contributed by atoms with Crippen LogP contribution in [0.3, 0.4) is 0 Å². The Balaban J connectivity index is 1.69. The molecule has 3 rings (SSSR count). The second-order valence-corrected chi connectivity index (χ2v) is 7.14. The molecule has 144 valence electrons. The summed E-state index contributed by atoms with van der Waals surface area (Å²) in [6.45, 7) is 0.455. The van der Waals surface area contributed by atoms with Gasteiger partial charge < -0.3 is 21.1 Å². The number of nitrogens with two attached hydrogens (primary N) is 1. The molecule has 28 heavy (non-hydrogen) atoms. The number of hydrogen-bond acceptors (Lipinski definition) is 4. The first-order valence-electron chi connectivity index (χ1n) is 8.78. The minimum Gasteiger partial charge on any atom is -0.457 e. The van der Waals surface area contributed by atoms with Crippen LogP contribution in [0.5, 0.6) is 11.5 Å². The molecule has 7 heteroatoms. The minimum atomic E-state index is -0.689. The topological polar surface area (TPSA) is 93.5 Å². The van der Waals surface area contributed by atoms with Crippen LogP contribution in [0.1, 0.15) is 22.9 Å². The fourth-order valence-electron chi connectivity index (χ4n) is 2.70. The van der Waals surface area contributed by atoms with Crippen LogP contribution in [0, 0.1) is 0 Å². The maximum atomic E-state index is 12.3. The van der Waals surface area contributed by atoms with E-state index < -0.39 is 12.1 Å². The minimum absolute atomic E-state index is 0.0725. The van der Waals surface area contributed by atoms with Gasteiger partial charge in [-0.15, -0.1) is 11.3 Å². The Morgan fingerprint density at radius 3 is 2.50 bits per heavy atom. The third-order valence-corrected chi connectivity index (χ3v) is 4.86. The van der Waals surface area contributed by atoms with Crippen molar-refractivity contribution in [1.82, 2.24) is 10.6 Å². The number of amides is 3. The molecule has 4 N–H and O–H groups in total. The highest BCUT2D eigenvalue weighted by Crippen LogP contribution is 2.26. The summed E-state index contributed by atoms with van der Waals surface area (Å²) in [5.74, 6) is 1.13. The Morgan fingerprint density at radius 1 is 1.00 bits per heavy atom. The number of rotatable bonds is 8. The summed E-state index contributed by atoms with van der Waals surface area (Å²) >= 11 is 1.57. The normalized spacial score (nSPS) is 11.4. The van der Waals surface area contributed by atoms with Gasteiger partial charge in [0.1, 0.15) is 11.5 Å². The van der Waals surface area contributed by atoms with Crippen molar-refractivity contribution in [3.63, 3.8) is 0 Å². The van der Waals surface area contributed by atoms with Crippen molar-refractivity contribution in [2.24, 2.45) is 5.73 Å². The second-order valence-electron chi connectivity index (χ2n) is 6.11. The molecule has 0 aliphatic carbocycles. The lowest BCUT2D eigenvalue weighted by molar-refractivity contribution is -0.121. The molecule has 0 saturated carbocycles. The van der Waals surface area contributed by atoms with Gasteiger partial charge in [-0.25, -0.2) is 4.79 Å². The smallest absolute Gasteiger partial charge is 0.312 e. The summed E-state index contributed by atoms with van der Waals surface area (Å²) in [5.41, 5.74) is 6.04. The Kier molecular flexibility index (Phi) is 6.64. The molecule has 3 amide bonds. The number of carbonyl (C=O) groups excluding carboxylic acids is 2. The molecule has 6 nitrogen and oxygen atoms in total. The third-order valence-electron chi connectivity index (χ3n) is 3.99. The number of ether oxygens (including phenoxy) is 1. The SMILES string of the molecule is NC(=O)N[C@H](CC(=O)NCc1cccs1)c1cccc(Oc2ccccc2)c1. The standard InChI is InChI=1S/C21H21N3O3S/c22-21(26)24-19(13-20(25)23-14-18-10-5-11-28-18)15-6-4-9-17(12-15)27-16-7-2-1-3-8-16/h1-12,19H,13-14H2,(H,23,25)(H3,22,24,26)/t19-/m1/s1. The molecular formula is C21H21N3O3S. The quantitative estimate of drug-likeness (QED) is 0.539. The molecule has 0 spiro atoms. The first-order chi connectivity index (χ1) is 13.6. The second kappa shape index (κ2) is 9.57. The molecule has 0 fully saturated rings. The Morgan fingerprint density at radius 2 is 1.79 bits per heavy atom. The van der Waals surface area contributed by atoms with Crippen molar-refractivity contribution >= 4 is 23.3 Å². The number of nitrogens with one attached hydrogen (secondary N) is 2. The molecule has 0 unspecified atom stereocenters. The van der Waals surface area contributed by atoms with Crippen molar-refractivity contribution in [1.29, 1.82) is 0 Å². The van der Waals surface area contributed by atoms with Crippen LogP contribution >= 0.6 is 11.3 Å². The summed E-state index contributed by atoms with van der Waals surface area (Å²) in [5, 5.41) is 7.45. The molecule has 0 aliphatic heterocycles. The van der Waals surface area contributed by atoms with Crippen molar-refractivity contribution in [2.45, 2.75) is 19.0 Å². The number of carbonyl (C=O) groups is 2. The molecule has 0 bridgehead atoms. The van der Waals surface area contributed by atoms with Crippen molar-refractivity contribution in [3.8, 4) is 11.5 Å². The predicted molar refractivity (Wildman–Crippen MR) is 109 cm³/mol. The number of urea groups is 1. The average Bonchev–Trinajstić information content (AvgIpc) is 3.20. The van der Waals surface area contributed by atoms with Crippen LogP contribution in [0.2, 0.25) is 0 Å². The van der Waals surface area contributed by atoms with E-state index in [1.54, 1.807) is 17.4 Å². The summed E-state index contributed by atoms with van der Waals surface area (Å²) in [6.07, 6.45) is 0.0725.